The predicted molar refractivity (Wildman–Crippen MR) is 108 cm³/mol. The Morgan fingerprint density at radius 1 is 1.17 bits per heavy atom. The number of amides is 1. The second kappa shape index (κ2) is 8.60. The minimum absolute atomic E-state index is 0.103. The van der Waals surface area contributed by atoms with Crippen molar-refractivity contribution in [2.24, 2.45) is 17.8 Å². The summed E-state index contributed by atoms with van der Waals surface area (Å²) in [6, 6.07) is 9.15. The minimum atomic E-state index is -4.29. The molecule has 1 saturated heterocycles. The number of carbonyl (C=O) groups is 1. The topological polar surface area (TPSA) is 45.2 Å². The number of nitrogens with one attached hydrogen (secondary N) is 1. The molecule has 2 heterocycles. The summed E-state index contributed by atoms with van der Waals surface area (Å²) in [4.78, 5) is 18.2. The number of aromatic nitrogens is 1. The molecule has 1 aliphatic heterocycles. The van der Waals surface area contributed by atoms with E-state index in [1.54, 1.807) is 30.6 Å². The highest BCUT2D eigenvalue weighted by molar-refractivity contribution is 5.91. The summed E-state index contributed by atoms with van der Waals surface area (Å²) in [7, 11) is 0. The first kappa shape index (κ1) is 20.6. The number of carbonyl (C=O) groups excluding carboxylic acids is 1. The van der Waals surface area contributed by atoms with Crippen LogP contribution in [0.4, 0.5) is 13.2 Å². The Kier molecular flexibility index (Phi) is 5.90. The molecule has 0 unspecified atom stereocenters. The van der Waals surface area contributed by atoms with Gasteiger partial charge in [0.2, 0.25) is 5.91 Å². The summed E-state index contributed by atoms with van der Waals surface area (Å²) in [6.07, 6.45) is 3.34. The largest absolute Gasteiger partial charge is 0.416 e. The maximum absolute atomic E-state index is 12.7. The average Bonchev–Trinajstić information content (AvgIpc) is 3.17. The minimum Gasteiger partial charge on any atom is -0.353 e. The van der Waals surface area contributed by atoms with Gasteiger partial charge in [0.1, 0.15) is 0 Å². The number of benzene rings is 1. The van der Waals surface area contributed by atoms with Crippen LogP contribution in [-0.4, -0.2) is 35.4 Å². The van der Waals surface area contributed by atoms with Crippen LogP contribution in [0.15, 0.2) is 54.9 Å². The van der Waals surface area contributed by atoms with Crippen LogP contribution in [0.3, 0.4) is 0 Å². The van der Waals surface area contributed by atoms with Crippen LogP contribution in [0.5, 0.6) is 0 Å². The Hall–Kier alpha value is -2.67. The zero-order valence-corrected chi connectivity index (χ0v) is 16.5. The normalized spacial score (nSPS) is 23.5. The second-order valence-corrected chi connectivity index (χ2v) is 8.08. The van der Waals surface area contributed by atoms with Gasteiger partial charge in [-0.25, -0.2) is 0 Å². The van der Waals surface area contributed by atoms with E-state index in [2.05, 4.69) is 15.2 Å². The molecule has 0 spiro atoms. The van der Waals surface area contributed by atoms with Gasteiger partial charge < -0.3 is 5.32 Å². The highest BCUT2D eigenvalue weighted by Crippen LogP contribution is 2.53. The van der Waals surface area contributed by atoms with Crippen molar-refractivity contribution >= 4 is 12.0 Å². The van der Waals surface area contributed by atoms with Crippen molar-refractivity contribution in [3.8, 4) is 0 Å². The number of piperidine rings is 1. The molecular formula is C23H24F3N3O. The first-order valence-corrected chi connectivity index (χ1v) is 10.1. The number of alkyl halides is 3. The molecule has 1 aromatic carbocycles. The van der Waals surface area contributed by atoms with Crippen LogP contribution in [0.1, 0.15) is 23.1 Å². The molecule has 7 heteroatoms. The molecule has 0 bridgehead atoms. The van der Waals surface area contributed by atoms with E-state index in [-0.39, 0.29) is 5.91 Å². The smallest absolute Gasteiger partial charge is 0.353 e. The number of halogens is 3. The number of likely N-dealkylation sites (tertiary alicyclic amines) is 1. The molecule has 4 nitrogen and oxygen atoms in total. The van der Waals surface area contributed by atoms with Crippen LogP contribution < -0.4 is 5.32 Å². The Morgan fingerprint density at radius 2 is 1.90 bits per heavy atom. The third-order valence-electron chi connectivity index (χ3n) is 6.02. The van der Waals surface area contributed by atoms with Crippen molar-refractivity contribution in [2.75, 3.05) is 19.6 Å². The van der Waals surface area contributed by atoms with Crippen LogP contribution >= 0.6 is 0 Å². The Morgan fingerprint density at radius 3 is 2.53 bits per heavy atom. The van der Waals surface area contributed by atoms with Crippen molar-refractivity contribution in [3.05, 3.63) is 71.6 Å². The van der Waals surface area contributed by atoms with Crippen molar-refractivity contribution in [1.29, 1.82) is 0 Å². The SMILES string of the molecule is O=C(/C=C/c1cccnc1)NCC[C@@H]1[C@H]2CN(Cc3ccc(C(F)(F)F)cc3)C[C@@H]12. The first-order valence-electron chi connectivity index (χ1n) is 10.1. The molecule has 1 amide bonds. The van der Waals surface area contributed by atoms with Gasteiger partial charge in [0.15, 0.2) is 0 Å². The van der Waals surface area contributed by atoms with Crippen molar-refractivity contribution in [2.45, 2.75) is 19.1 Å². The number of nitrogens with zero attached hydrogens (tertiary/aromatic N) is 2. The molecule has 158 valence electrons. The monoisotopic (exact) mass is 415 g/mol. The number of hydrogen-bond donors (Lipinski definition) is 1. The fraction of sp³-hybridized carbons (Fsp3) is 0.391. The van der Waals surface area contributed by atoms with Crippen molar-refractivity contribution < 1.29 is 18.0 Å². The van der Waals surface area contributed by atoms with Gasteiger partial charge in [0.05, 0.1) is 5.56 Å². The quantitative estimate of drug-likeness (QED) is 0.696. The highest BCUT2D eigenvalue weighted by atomic mass is 19.4. The molecular weight excluding hydrogens is 391 g/mol. The summed E-state index contributed by atoms with van der Waals surface area (Å²) in [6.45, 7) is 3.30. The van der Waals surface area contributed by atoms with Gasteiger partial charge in [-0.3, -0.25) is 14.7 Å². The molecule has 2 aliphatic rings. The first-order chi connectivity index (χ1) is 14.4. The van der Waals surface area contributed by atoms with Gasteiger partial charge in [-0.1, -0.05) is 18.2 Å². The molecule has 1 saturated carbocycles. The molecule has 2 fully saturated rings. The summed E-state index contributed by atoms with van der Waals surface area (Å²) < 4.78 is 38.0. The molecule has 1 N–H and O–H groups in total. The number of fused-ring (bicyclic) bond motifs is 1. The average molecular weight is 415 g/mol. The van der Waals surface area contributed by atoms with Crippen LogP contribution in [0.25, 0.3) is 6.08 Å². The standard InChI is InChI=1S/C23H24F3N3O/c24-23(25,26)18-6-3-17(4-7-18)13-29-14-20-19(21(20)15-29)9-11-28-22(30)8-5-16-2-1-10-27-12-16/h1-8,10,12,19-21H,9,11,13-15H2,(H,28,30)/b8-5+/t19-,20-,21+. The Labute approximate surface area is 173 Å². The highest BCUT2D eigenvalue weighted by Gasteiger charge is 2.54. The molecule has 2 aromatic rings. The van der Waals surface area contributed by atoms with Crippen LogP contribution in [0.2, 0.25) is 0 Å². The summed E-state index contributed by atoms with van der Waals surface area (Å²) in [5.41, 5.74) is 1.19. The van der Waals surface area contributed by atoms with Gasteiger partial charge in [-0.2, -0.15) is 13.2 Å². The zero-order chi connectivity index (χ0) is 21.1. The van der Waals surface area contributed by atoms with Gasteiger partial charge >= 0.3 is 6.18 Å². The lowest BCUT2D eigenvalue weighted by atomic mass is 10.1. The second-order valence-electron chi connectivity index (χ2n) is 8.08. The van der Waals surface area contributed by atoms with E-state index in [1.165, 1.54) is 6.08 Å². The lowest BCUT2D eigenvalue weighted by molar-refractivity contribution is -0.137. The van der Waals surface area contributed by atoms with E-state index in [0.29, 0.717) is 30.8 Å². The molecule has 3 atom stereocenters. The predicted octanol–water partition coefficient (Wildman–Crippen LogP) is 4.00. The zero-order valence-electron chi connectivity index (χ0n) is 16.5. The maximum Gasteiger partial charge on any atom is 0.416 e. The van der Waals surface area contributed by atoms with Crippen LogP contribution in [0, 0.1) is 17.8 Å². The summed E-state index contributed by atoms with van der Waals surface area (Å²) >= 11 is 0. The molecule has 4 rings (SSSR count). The van der Waals surface area contributed by atoms with E-state index in [4.69, 9.17) is 0 Å². The van der Waals surface area contributed by atoms with Gasteiger partial charge in [-0.15, -0.1) is 0 Å². The van der Waals surface area contributed by atoms with E-state index in [9.17, 15) is 18.0 Å². The van der Waals surface area contributed by atoms with Crippen molar-refractivity contribution in [3.63, 3.8) is 0 Å². The van der Waals surface area contributed by atoms with Gasteiger partial charge in [0.25, 0.3) is 0 Å². The van der Waals surface area contributed by atoms with E-state index < -0.39 is 11.7 Å². The lowest BCUT2D eigenvalue weighted by Gasteiger charge is -2.20. The molecule has 1 aromatic heterocycles. The van der Waals surface area contributed by atoms with Crippen molar-refractivity contribution in [1.82, 2.24) is 15.2 Å². The molecule has 1 aliphatic carbocycles. The van der Waals surface area contributed by atoms with Gasteiger partial charge in [-0.05, 0) is 59.6 Å². The van der Waals surface area contributed by atoms with E-state index >= 15 is 0 Å². The summed E-state index contributed by atoms with van der Waals surface area (Å²) in [5, 5.41) is 2.93. The number of pyridine rings is 1. The third-order valence-corrected chi connectivity index (χ3v) is 6.02. The van der Waals surface area contributed by atoms with E-state index in [1.807, 2.05) is 12.1 Å². The summed E-state index contributed by atoms with van der Waals surface area (Å²) in [5.74, 6) is 1.81. The third kappa shape index (κ3) is 5.08. The lowest BCUT2D eigenvalue weighted by Crippen LogP contribution is -2.26. The van der Waals surface area contributed by atoms with Crippen LogP contribution in [-0.2, 0) is 17.5 Å². The maximum atomic E-state index is 12.7. The fourth-order valence-corrected chi connectivity index (χ4v) is 4.42. The number of rotatable bonds is 7. The number of hydrogen-bond acceptors (Lipinski definition) is 3. The van der Waals surface area contributed by atoms with E-state index in [0.717, 1.165) is 42.8 Å². The fourth-order valence-electron chi connectivity index (χ4n) is 4.42. The molecule has 30 heavy (non-hydrogen) atoms. The Balaban J connectivity index is 1.15. The van der Waals surface area contributed by atoms with Gasteiger partial charge in [0, 0.05) is 44.6 Å². The molecule has 0 radical (unpaired) electrons. The Bertz CT molecular complexity index is 884.